The van der Waals surface area contributed by atoms with Crippen LogP contribution in [0.4, 0.5) is 16.5 Å². The third-order valence-electron chi connectivity index (χ3n) is 5.12. The lowest BCUT2D eigenvalue weighted by Crippen LogP contribution is -2.22. The number of furan rings is 1. The molecular formula is C26H23N3O5S. The molecule has 0 radical (unpaired) electrons. The first-order chi connectivity index (χ1) is 16.8. The minimum absolute atomic E-state index is 0.0587. The van der Waals surface area contributed by atoms with Crippen LogP contribution in [-0.2, 0) is 16.1 Å². The molecule has 1 N–H and O–H groups in total. The molecule has 8 nitrogen and oxygen atoms in total. The maximum Gasteiger partial charge on any atom is 0.338 e. The van der Waals surface area contributed by atoms with Crippen LogP contribution in [0.5, 0.6) is 0 Å². The number of rotatable bonds is 7. The maximum atomic E-state index is 12.7. The predicted molar refractivity (Wildman–Crippen MR) is 133 cm³/mol. The van der Waals surface area contributed by atoms with Crippen LogP contribution < -0.4 is 10.2 Å². The number of carbonyl (C=O) groups excluding carboxylic acids is 3. The molecule has 0 unspecified atom stereocenters. The molecule has 178 valence electrons. The van der Waals surface area contributed by atoms with Gasteiger partial charge in [0.1, 0.15) is 6.61 Å². The highest BCUT2D eigenvalue weighted by Gasteiger charge is 2.19. The smallest absolute Gasteiger partial charge is 0.338 e. The van der Waals surface area contributed by atoms with Gasteiger partial charge in [-0.25, -0.2) is 9.78 Å². The molecule has 0 aliphatic carbocycles. The van der Waals surface area contributed by atoms with Crippen molar-refractivity contribution in [3.05, 3.63) is 94.4 Å². The van der Waals surface area contributed by atoms with Crippen LogP contribution in [0.2, 0.25) is 0 Å². The number of aromatic nitrogens is 1. The number of nitrogens with zero attached hydrogens (tertiary/aromatic N) is 2. The van der Waals surface area contributed by atoms with Crippen LogP contribution in [0.1, 0.15) is 44.7 Å². The summed E-state index contributed by atoms with van der Waals surface area (Å²) in [5, 5.41) is 4.98. The molecule has 0 saturated heterocycles. The summed E-state index contributed by atoms with van der Waals surface area (Å²) in [6.45, 7) is 5.19. The first-order valence-electron chi connectivity index (χ1n) is 10.8. The Hall–Kier alpha value is -4.24. The zero-order chi connectivity index (χ0) is 24.9. The molecule has 2 heterocycles. The van der Waals surface area contributed by atoms with Crippen molar-refractivity contribution >= 4 is 45.6 Å². The molecular weight excluding hydrogens is 466 g/mol. The van der Waals surface area contributed by atoms with Crippen molar-refractivity contribution in [2.45, 2.75) is 27.4 Å². The molecule has 0 fully saturated rings. The van der Waals surface area contributed by atoms with Gasteiger partial charge in [0.2, 0.25) is 5.91 Å². The topological polar surface area (TPSA) is 102 Å². The lowest BCUT2D eigenvalue weighted by molar-refractivity contribution is -0.115. The first-order valence-corrected chi connectivity index (χ1v) is 11.6. The number of amides is 2. The fraction of sp³-hybridized carbons (Fsp3) is 0.154. The van der Waals surface area contributed by atoms with Gasteiger partial charge in [0, 0.05) is 18.0 Å². The highest BCUT2D eigenvalue weighted by Crippen LogP contribution is 2.30. The van der Waals surface area contributed by atoms with Gasteiger partial charge in [-0.2, -0.15) is 0 Å². The molecule has 2 aromatic carbocycles. The zero-order valence-corrected chi connectivity index (χ0v) is 20.2. The second-order valence-electron chi connectivity index (χ2n) is 7.85. The third-order valence-corrected chi connectivity index (χ3v) is 6.00. The Morgan fingerprint density at radius 1 is 1.09 bits per heavy atom. The summed E-state index contributed by atoms with van der Waals surface area (Å²) in [5.41, 5.74) is 3.82. The van der Waals surface area contributed by atoms with Crippen molar-refractivity contribution in [2.24, 2.45) is 0 Å². The van der Waals surface area contributed by atoms with E-state index < -0.39 is 11.9 Å². The van der Waals surface area contributed by atoms with Crippen LogP contribution in [0.25, 0.3) is 0 Å². The first kappa shape index (κ1) is 23.9. The molecule has 0 aliphatic heterocycles. The molecule has 4 rings (SSSR count). The van der Waals surface area contributed by atoms with Gasteiger partial charge in [-0.15, -0.1) is 11.3 Å². The summed E-state index contributed by atoms with van der Waals surface area (Å²) in [4.78, 5) is 43.3. The van der Waals surface area contributed by atoms with Crippen LogP contribution in [0.3, 0.4) is 0 Å². The van der Waals surface area contributed by atoms with E-state index in [1.807, 2.05) is 38.1 Å². The maximum absolute atomic E-state index is 12.7. The van der Waals surface area contributed by atoms with E-state index in [0.717, 1.165) is 16.8 Å². The minimum Gasteiger partial charge on any atom is -0.459 e. The van der Waals surface area contributed by atoms with E-state index in [1.54, 1.807) is 35.7 Å². The Morgan fingerprint density at radius 3 is 2.63 bits per heavy atom. The highest BCUT2D eigenvalue weighted by molar-refractivity contribution is 7.14. The van der Waals surface area contributed by atoms with Gasteiger partial charge in [-0.3, -0.25) is 14.5 Å². The van der Waals surface area contributed by atoms with Crippen LogP contribution in [0, 0.1) is 13.8 Å². The lowest BCUT2D eigenvalue weighted by atomic mass is 10.1. The average molecular weight is 490 g/mol. The van der Waals surface area contributed by atoms with Gasteiger partial charge in [-0.1, -0.05) is 18.2 Å². The average Bonchev–Trinajstić information content (AvgIpc) is 3.52. The lowest BCUT2D eigenvalue weighted by Gasteiger charge is -2.18. The molecule has 0 atom stereocenters. The molecule has 0 bridgehead atoms. The van der Waals surface area contributed by atoms with Gasteiger partial charge in [0.25, 0.3) is 5.91 Å². The van der Waals surface area contributed by atoms with Gasteiger partial charge < -0.3 is 14.5 Å². The SMILES string of the molecule is CC(=O)N(c1cccc(C)c1)c1nc(COC(=O)c2ccc(C)c(NC(=O)c3ccco3)c2)cs1. The second-order valence-corrected chi connectivity index (χ2v) is 8.69. The summed E-state index contributed by atoms with van der Waals surface area (Å²) in [6.07, 6.45) is 1.41. The Kier molecular flexibility index (Phi) is 7.07. The molecule has 35 heavy (non-hydrogen) atoms. The number of esters is 1. The minimum atomic E-state index is -0.560. The van der Waals surface area contributed by atoms with Crippen molar-refractivity contribution in [2.75, 3.05) is 10.2 Å². The number of aryl methyl sites for hydroxylation is 2. The van der Waals surface area contributed by atoms with Crippen molar-refractivity contribution in [3.63, 3.8) is 0 Å². The quantitative estimate of drug-likeness (QED) is 0.337. The van der Waals surface area contributed by atoms with Crippen molar-refractivity contribution < 1.29 is 23.5 Å². The predicted octanol–water partition coefficient (Wildman–Crippen LogP) is 5.65. The van der Waals surface area contributed by atoms with Crippen molar-refractivity contribution in [1.82, 2.24) is 4.98 Å². The van der Waals surface area contributed by atoms with E-state index in [0.29, 0.717) is 16.5 Å². The van der Waals surface area contributed by atoms with E-state index in [-0.39, 0.29) is 23.8 Å². The normalized spacial score (nSPS) is 10.6. The fourth-order valence-corrected chi connectivity index (χ4v) is 4.23. The molecule has 2 amide bonds. The number of thiazole rings is 1. The Labute approximate surface area is 206 Å². The largest absolute Gasteiger partial charge is 0.459 e. The number of carbonyl (C=O) groups is 3. The van der Waals surface area contributed by atoms with E-state index >= 15 is 0 Å². The number of benzene rings is 2. The summed E-state index contributed by atoms with van der Waals surface area (Å²) in [5.74, 6) is -0.975. The summed E-state index contributed by atoms with van der Waals surface area (Å²) in [7, 11) is 0. The summed E-state index contributed by atoms with van der Waals surface area (Å²) < 4.78 is 10.5. The van der Waals surface area contributed by atoms with E-state index in [2.05, 4.69) is 10.3 Å². The number of anilines is 3. The second kappa shape index (κ2) is 10.4. The molecule has 2 aromatic heterocycles. The monoisotopic (exact) mass is 489 g/mol. The van der Waals surface area contributed by atoms with E-state index in [9.17, 15) is 14.4 Å². The Morgan fingerprint density at radius 2 is 1.91 bits per heavy atom. The Bertz CT molecular complexity index is 1380. The van der Waals surface area contributed by atoms with Crippen LogP contribution in [0.15, 0.2) is 70.7 Å². The van der Waals surface area contributed by atoms with E-state index in [1.165, 1.54) is 29.4 Å². The van der Waals surface area contributed by atoms with Gasteiger partial charge >= 0.3 is 5.97 Å². The molecule has 0 saturated carbocycles. The van der Waals surface area contributed by atoms with Gasteiger partial charge in [-0.05, 0) is 61.4 Å². The van der Waals surface area contributed by atoms with Crippen LogP contribution >= 0.6 is 11.3 Å². The number of hydrogen-bond acceptors (Lipinski definition) is 7. The number of nitrogens with one attached hydrogen (secondary N) is 1. The Balaban J connectivity index is 1.44. The zero-order valence-electron chi connectivity index (χ0n) is 19.4. The highest BCUT2D eigenvalue weighted by atomic mass is 32.1. The molecule has 0 aliphatic rings. The van der Waals surface area contributed by atoms with E-state index in [4.69, 9.17) is 9.15 Å². The fourth-order valence-electron chi connectivity index (χ4n) is 3.36. The molecule has 0 spiro atoms. The number of hydrogen-bond donors (Lipinski definition) is 1. The van der Waals surface area contributed by atoms with Gasteiger partial charge in [0.05, 0.1) is 23.2 Å². The third kappa shape index (κ3) is 5.64. The van der Waals surface area contributed by atoms with Crippen LogP contribution in [-0.4, -0.2) is 22.8 Å². The summed E-state index contributed by atoms with van der Waals surface area (Å²) in [6, 6.07) is 15.7. The molecule has 9 heteroatoms. The number of ether oxygens (including phenoxy) is 1. The van der Waals surface area contributed by atoms with Crippen molar-refractivity contribution in [1.29, 1.82) is 0 Å². The molecule has 4 aromatic rings. The van der Waals surface area contributed by atoms with Gasteiger partial charge in [0.15, 0.2) is 10.9 Å². The standard InChI is InChI=1S/C26H23N3O5S/c1-16-6-4-7-21(12-16)29(18(3)30)26-27-20(15-35-26)14-34-25(32)19-10-9-17(2)22(13-19)28-24(31)23-8-5-11-33-23/h4-13,15H,14H2,1-3H3,(H,28,31). The summed E-state index contributed by atoms with van der Waals surface area (Å²) >= 11 is 1.29. The van der Waals surface area contributed by atoms with Crippen molar-refractivity contribution in [3.8, 4) is 0 Å².